The van der Waals surface area contributed by atoms with Crippen molar-refractivity contribution in [3.8, 4) is 11.1 Å². The van der Waals surface area contributed by atoms with Gasteiger partial charge in [-0.15, -0.1) is 0 Å². The average Bonchev–Trinajstić information content (AvgIpc) is 2.56. The summed E-state index contributed by atoms with van der Waals surface area (Å²) in [6.07, 6.45) is 3.74. The van der Waals surface area contributed by atoms with E-state index in [2.05, 4.69) is 4.90 Å². The summed E-state index contributed by atoms with van der Waals surface area (Å²) in [4.78, 5) is 2.34. The largest absolute Gasteiger partial charge is 0.384 e. The van der Waals surface area contributed by atoms with Crippen molar-refractivity contribution in [2.24, 2.45) is 0 Å². The summed E-state index contributed by atoms with van der Waals surface area (Å²) in [7, 11) is 0. The van der Waals surface area contributed by atoms with E-state index in [4.69, 9.17) is 0 Å². The van der Waals surface area contributed by atoms with Crippen LogP contribution in [0.15, 0.2) is 48.5 Å². The second-order valence-electron chi connectivity index (χ2n) is 6.69. The lowest BCUT2D eigenvalue weighted by Crippen LogP contribution is -2.41. The Labute approximate surface area is 137 Å². The van der Waals surface area contributed by atoms with Gasteiger partial charge in [-0.2, -0.15) is 0 Å². The number of rotatable bonds is 4. The Balaban J connectivity index is 1.73. The van der Waals surface area contributed by atoms with E-state index in [1.54, 1.807) is 12.1 Å². The fourth-order valence-electron chi connectivity index (χ4n) is 3.31. The molecule has 3 heteroatoms. The lowest BCUT2D eigenvalue weighted by molar-refractivity contribution is 0.0105. The first-order chi connectivity index (χ1) is 11.0. The maximum absolute atomic E-state index is 13.0. The molecule has 1 aliphatic rings. The first kappa shape index (κ1) is 16.2. The molecule has 1 unspecified atom stereocenters. The summed E-state index contributed by atoms with van der Waals surface area (Å²) in [6, 6.07) is 14.4. The number of halogens is 1. The number of nitrogens with zero attached hydrogens (tertiary/aromatic N) is 1. The van der Waals surface area contributed by atoms with Crippen LogP contribution in [0.25, 0.3) is 11.1 Å². The van der Waals surface area contributed by atoms with Crippen LogP contribution in [0.2, 0.25) is 0 Å². The van der Waals surface area contributed by atoms with Crippen LogP contribution in [0, 0.1) is 5.82 Å². The quantitative estimate of drug-likeness (QED) is 0.915. The number of hydrogen-bond acceptors (Lipinski definition) is 2. The first-order valence-electron chi connectivity index (χ1n) is 8.36. The SMILES string of the molecule is CC(O)(CN1CCCCC1)c1ccc(-c2ccc(F)cc2)cc1. The van der Waals surface area contributed by atoms with Gasteiger partial charge in [0.05, 0.1) is 5.60 Å². The third kappa shape index (κ3) is 3.98. The van der Waals surface area contributed by atoms with Crippen LogP contribution in [0.3, 0.4) is 0 Å². The molecule has 3 rings (SSSR count). The zero-order valence-electron chi connectivity index (χ0n) is 13.6. The highest BCUT2D eigenvalue weighted by Gasteiger charge is 2.26. The van der Waals surface area contributed by atoms with Gasteiger partial charge in [-0.1, -0.05) is 42.8 Å². The Bertz CT molecular complexity index is 628. The third-order valence-electron chi connectivity index (χ3n) is 4.66. The normalized spacial score (nSPS) is 18.6. The van der Waals surface area contributed by atoms with Crippen molar-refractivity contribution in [3.05, 3.63) is 59.9 Å². The smallest absolute Gasteiger partial charge is 0.123 e. The fraction of sp³-hybridized carbons (Fsp3) is 0.400. The highest BCUT2D eigenvalue weighted by Crippen LogP contribution is 2.27. The van der Waals surface area contributed by atoms with E-state index in [0.717, 1.165) is 29.8 Å². The van der Waals surface area contributed by atoms with E-state index in [1.807, 2.05) is 31.2 Å². The van der Waals surface area contributed by atoms with E-state index in [1.165, 1.54) is 31.4 Å². The Morgan fingerprint density at radius 3 is 2.00 bits per heavy atom. The van der Waals surface area contributed by atoms with Gasteiger partial charge in [0.25, 0.3) is 0 Å². The molecule has 0 radical (unpaired) electrons. The molecule has 0 saturated carbocycles. The minimum atomic E-state index is -0.849. The number of piperidine rings is 1. The molecule has 2 aromatic carbocycles. The molecule has 122 valence electrons. The van der Waals surface area contributed by atoms with Gasteiger partial charge in [0, 0.05) is 6.54 Å². The number of β-amino-alcohol motifs (C(OH)–C–C–N with tert-alkyl or cyclic N) is 1. The van der Waals surface area contributed by atoms with Crippen LogP contribution in [0.5, 0.6) is 0 Å². The Morgan fingerprint density at radius 1 is 0.913 bits per heavy atom. The van der Waals surface area contributed by atoms with Crippen LogP contribution < -0.4 is 0 Å². The molecule has 1 fully saturated rings. The molecule has 1 heterocycles. The molecule has 2 nitrogen and oxygen atoms in total. The van der Waals surface area contributed by atoms with Gasteiger partial charge in [-0.25, -0.2) is 4.39 Å². The molecular weight excluding hydrogens is 289 g/mol. The van der Waals surface area contributed by atoms with Crippen LogP contribution >= 0.6 is 0 Å². The van der Waals surface area contributed by atoms with E-state index in [0.29, 0.717) is 6.54 Å². The highest BCUT2D eigenvalue weighted by molar-refractivity contribution is 5.63. The second kappa shape index (κ2) is 6.81. The van der Waals surface area contributed by atoms with Crippen LogP contribution in [0.4, 0.5) is 4.39 Å². The monoisotopic (exact) mass is 313 g/mol. The molecule has 1 N–H and O–H groups in total. The minimum Gasteiger partial charge on any atom is -0.384 e. The zero-order chi connectivity index (χ0) is 16.3. The van der Waals surface area contributed by atoms with Crippen molar-refractivity contribution in [3.63, 3.8) is 0 Å². The van der Waals surface area contributed by atoms with Crippen molar-refractivity contribution in [1.29, 1.82) is 0 Å². The topological polar surface area (TPSA) is 23.5 Å². The number of hydrogen-bond donors (Lipinski definition) is 1. The van der Waals surface area contributed by atoms with Gasteiger partial charge in [0.1, 0.15) is 5.82 Å². The van der Waals surface area contributed by atoms with Crippen molar-refractivity contribution < 1.29 is 9.50 Å². The minimum absolute atomic E-state index is 0.227. The van der Waals surface area contributed by atoms with E-state index in [9.17, 15) is 9.50 Å². The number of likely N-dealkylation sites (tertiary alicyclic amines) is 1. The molecule has 23 heavy (non-hydrogen) atoms. The van der Waals surface area contributed by atoms with Crippen molar-refractivity contribution in [2.75, 3.05) is 19.6 Å². The maximum Gasteiger partial charge on any atom is 0.123 e. The predicted octanol–water partition coefficient (Wildman–Crippen LogP) is 4.19. The molecular formula is C20H24FNO. The molecule has 0 bridgehead atoms. The van der Waals surface area contributed by atoms with Crippen LogP contribution in [-0.2, 0) is 5.60 Å². The molecule has 0 aliphatic carbocycles. The molecule has 0 aromatic heterocycles. The third-order valence-corrected chi connectivity index (χ3v) is 4.66. The zero-order valence-corrected chi connectivity index (χ0v) is 13.6. The standard InChI is InChI=1S/C20H24FNO/c1-20(23,15-22-13-3-2-4-14-22)18-9-5-16(6-10-18)17-7-11-19(21)12-8-17/h5-12,23H,2-4,13-15H2,1H3. The highest BCUT2D eigenvalue weighted by atomic mass is 19.1. The summed E-state index contributed by atoms with van der Waals surface area (Å²) in [5, 5.41) is 10.8. The lowest BCUT2D eigenvalue weighted by atomic mass is 9.92. The Kier molecular flexibility index (Phi) is 4.79. The Hall–Kier alpha value is -1.71. The fourth-order valence-corrected chi connectivity index (χ4v) is 3.31. The van der Waals surface area contributed by atoms with E-state index >= 15 is 0 Å². The molecule has 0 amide bonds. The molecule has 1 aliphatic heterocycles. The van der Waals surface area contributed by atoms with Gasteiger partial charge in [0.15, 0.2) is 0 Å². The lowest BCUT2D eigenvalue weighted by Gasteiger charge is -2.34. The van der Waals surface area contributed by atoms with Crippen molar-refractivity contribution in [1.82, 2.24) is 4.90 Å². The summed E-state index contributed by atoms with van der Waals surface area (Å²) in [6.45, 7) is 4.70. The molecule has 1 saturated heterocycles. The van der Waals surface area contributed by atoms with E-state index < -0.39 is 5.60 Å². The van der Waals surface area contributed by atoms with Gasteiger partial charge < -0.3 is 10.0 Å². The summed E-state index contributed by atoms with van der Waals surface area (Å²) in [5.74, 6) is -0.227. The van der Waals surface area contributed by atoms with Crippen molar-refractivity contribution >= 4 is 0 Å². The van der Waals surface area contributed by atoms with Crippen LogP contribution in [0.1, 0.15) is 31.7 Å². The van der Waals surface area contributed by atoms with Crippen molar-refractivity contribution in [2.45, 2.75) is 31.8 Å². The Morgan fingerprint density at radius 2 is 1.43 bits per heavy atom. The summed E-state index contributed by atoms with van der Waals surface area (Å²) < 4.78 is 13.0. The average molecular weight is 313 g/mol. The molecule has 0 spiro atoms. The molecule has 1 atom stereocenters. The maximum atomic E-state index is 13.0. The number of benzene rings is 2. The number of aliphatic hydroxyl groups is 1. The summed E-state index contributed by atoms with van der Waals surface area (Å²) in [5.41, 5.74) is 2.09. The second-order valence-corrected chi connectivity index (χ2v) is 6.69. The van der Waals surface area contributed by atoms with Gasteiger partial charge in [-0.3, -0.25) is 0 Å². The van der Waals surface area contributed by atoms with Gasteiger partial charge >= 0.3 is 0 Å². The first-order valence-corrected chi connectivity index (χ1v) is 8.36. The van der Waals surface area contributed by atoms with Gasteiger partial charge in [-0.05, 0) is 61.7 Å². The van der Waals surface area contributed by atoms with Gasteiger partial charge in [0.2, 0.25) is 0 Å². The molecule has 2 aromatic rings. The van der Waals surface area contributed by atoms with E-state index in [-0.39, 0.29) is 5.82 Å². The predicted molar refractivity (Wildman–Crippen MR) is 91.7 cm³/mol. The summed E-state index contributed by atoms with van der Waals surface area (Å²) >= 11 is 0. The van der Waals surface area contributed by atoms with Crippen LogP contribution in [-0.4, -0.2) is 29.6 Å².